The maximum atomic E-state index is 12.8. The predicted molar refractivity (Wildman–Crippen MR) is 95.0 cm³/mol. The molecule has 0 aliphatic heterocycles. The van der Waals surface area contributed by atoms with Gasteiger partial charge in [0, 0.05) is 5.56 Å². The lowest BCUT2D eigenvalue weighted by molar-refractivity contribution is -0.137. The van der Waals surface area contributed by atoms with Gasteiger partial charge < -0.3 is 4.42 Å². The third kappa shape index (κ3) is 5.06. The van der Waals surface area contributed by atoms with Crippen LogP contribution in [0.4, 0.5) is 17.6 Å². The Bertz CT molecular complexity index is 992. The van der Waals surface area contributed by atoms with Crippen molar-refractivity contribution in [2.75, 3.05) is 0 Å². The minimum atomic E-state index is -4.44. The maximum absolute atomic E-state index is 12.8. The number of alkyl halides is 3. The summed E-state index contributed by atoms with van der Waals surface area (Å²) in [6.45, 7) is 0. The van der Waals surface area contributed by atoms with Crippen molar-refractivity contribution in [1.29, 1.82) is 0 Å². The van der Waals surface area contributed by atoms with E-state index in [4.69, 9.17) is 4.42 Å². The van der Waals surface area contributed by atoms with Gasteiger partial charge in [-0.15, -0.1) is 0 Å². The van der Waals surface area contributed by atoms with Crippen LogP contribution in [-0.4, -0.2) is 12.1 Å². The van der Waals surface area contributed by atoms with Crippen LogP contribution in [0.25, 0.3) is 11.3 Å². The van der Waals surface area contributed by atoms with Crippen molar-refractivity contribution in [1.82, 2.24) is 5.43 Å². The minimum absolute atomic E-state index is 0.0191. The molecule has 2 aromatic carbocycles. The van der Waals surface area contributed by atoms with Crippen LogP contribution in [-0.2, 0) is 17.4 Å². The molecule has 0 saturated heterocycles. The van der Waals surface area contributed by atoms with E-state index < -0.39 is 23.5 Å². The van der Waals surface area contributed by atoms with E-state index >= 15 is 0 Å². The number of nitrogens with one attached hydrogen (secondary N) is 1. The van der Waals surface area contributed by atoms with Crippen molar-refractivity contribution >= 4 is 12.1 Å². The second-order valence-corrected chi connectivity index (χ2v) is 5.88. The molecule has 28 heavy (non-hydrogen) atoms. The van der Waals surface area contributed by atoms with Crippen LogP contribution in [0, 0.1) is 5.82 Å². The van der Waals surface area contributed by atoms with Crippen molar-refractivity contribution in [2.24, 2.45) is 5.10 Å². The van der Waals surface area contributed by atoms with E-state index in [0.29, 0.717) is 5.56 Å². The Balaban J connectivity index is 1.61. The van der Waals surface area contributed by atoms with Crippen LogP contribution in [0.2, 0.25) is 0 Å². The molecule has 0 spiro atoms. The molecule has 3 rings (SSSR count). The van der Waals surface area contributed by atoms with E-state index in [0.717, 1.165) is 12.1 Å². The van der Waals surface area contributed by atoms with Crippen molar-refractivity contribution in [2.45, 2.75) is 12.6 Å². The maximum Gasteiger partial charge on any atom is 0.416 e. The first-order chi connectivity index (χ1) is 13.3. The standard InChI is InChI=1S/C20H14F4N2O2/c21-16-6-4-13(5-7-16)10-19(27)26-25-12-17-8-9-18(28-17)14-2-1-3-15(11-14)20(22,23)24/h1-9,11-12H,10H2,(H,26,27)/b25-12+. The molecule has 0 aliphatic carbocycles. The summed E-state index contributed by atoms with van der Waals surface area (Å²) in [5.41, 5.74) is 2.42. The SMILES string of the molecule is O=C(Cc1ccc(F)cc1)N/N=C/c1ccc(-c2cccc(C(F)(F)F)c2)o1. The first-order valence-electron chi connectivity index (χ1n) is 8.15. The molecule has 3 aromatic rings. The average Bonchev–Trinajstić information content (AvgIpc) is 3.12. The fourth-order valence-electron chi connectivity index (χ4n) is 2.42. The summed E-state index contributed by atoms with van der Waals surface area (Å²) < 4.78 is 56.7. The van der Waals surface area contributed by atoms with Gasteiger partial charge in [-0.25, -0.2) is 9.82 Å². The van der Waals surface area contributed by atoms with Crippen molar-refractivity contribution in [3.8, 4) is 11.3 Å². The third-order valence-corrected chi connectivity index (χ3v) is 3.76. The van der Waals surface area contributed by atoms with Gasteiger partial charge in [0.05, 0.1) is 18.2 Å². The quantitative estimate of drug-likeness (QED) is 0.387. The molecule has 8 heteroatoms. The predicted octanol–water partition coefficient (Wildman–Crippen LogP) is 4.80. The molecule has 0 fully saturated rings. The molecule has 0 radical (unpaired) electrons. The largest absolute Gasteiger partial charge is 0.455 e. The number of carbonyl (C=O) groups is 1. The summed E-state index contributed by atoms with van der Waals surface area (Å²) in [6, 6.07) is 13.3. The molecule has 1 aromatic heterocycles. The highest BCUT2D eigenvalue weighted by molar-refractivity contribution is 5.82. The molecule has 0 bridgehead atoms. The zero-order valence-corrected chi connectivity index (χ0v) is 14.3. The summed E-state index contributed by atoms with van der Waals surface area (Å²) in [4.78, 5) is 11.8. The van der Waals surface area contributed by atoms with E-state index in [2.05, 4.69) is 10.5 Å². The highest BCUT2D eigenvalue weighted by Crippen LogP contribution is 2.32. The van der Waals surface area contributed by atoms with Crippen LogP contribution < -0.4 is 5.43 Å². The van der Waals surface area contributed by atoms with Gasteiger partial charge in [-0.05, 0) is 42.0 Å². The van der Waals surface area contributed by atoms with Crippen LogP contribution in [0.5, 0.6) is 0 Å². The lowest BCUT2D eigenvalue weighted by atomic mass is 10.1. The Morgan fingerprint density at radius 3 is 2.54 bits per heavy atom. The number of amides is 1. The molecule has 144 valence electrons. The van der Waals surface area contributed by atoms with E-state index in [1.807, 2.05) is 0 Å². The molecule has 0 unspecified atom stereocenters. The summed E-state index contributed by atoms with van der Waals surface area (Å²) in [5.74, 6) is -0.302. The van der Waals surface area contributed by atoms with Crippen LogP contribution in [0.3, 0.4) is 0 Å². The second-order valence-electron chi connectivity index (χ2n) is 5.88. The molecule has 1 amide bonds. The summed E-state index contributed by atoms with van der Waals surface area (Å²) in [7, 11) is 0. The Hall–Kier alpha value is -3.42. The smallest absolute Gasteiger partial charge is 0.416 e. The van der Waals surface area contributed by atoms with E-state index in [-0.39, 0.29) is 23.5 Å². The van der Waals surface area contributed by atoms with Gasteiger partial charge in [-0.3, -0.25) is 4.79 Å². The zero-order chi connectivity index (χ0) is 20.1. The number of hydrogen-bond acceptors (Lipinski definition) is 3. The fourth-order valence-corrected chi connectivity index (χ4v) is 2.42. The van der Waals surface area contributed by atoms with Gasteiger partial charge in [0.15, 0.2) is 0 Å². The van der Waals surface area contributed by atoms with Crippen LogP contribution in [0.1, 0.15) is 16.9 Å². The van der Waals surface area contributed by atoms with Gasteiger partial charge in [-0.2, -0.15) is 18.3 Å². The average molecular weight is 390 g/mol. The lowest BCUT2D eigenvalue weighted by Gasteiger charge is -2.07. The normalized spacial score (nSPS) is 11.7. The first kappa shape index (κ1) is 19.3. The number of furan rings is 1. The number of hydrazone groups is 1. The number of carbonyl (C=O) groups excluding carboxylic acids is 1. The Morgan fingerprint density at radius 1 is 1.07 bits per heavy atom. The molecular weight excluding hydrogens is 376 g/mol. The van der Waals surface area contributed by atoms with Crippen LogP contribution >= 0.6 is 0 Å². The number of benzene rings is 2. The Kier molecular flexibility index (Phi) is 5.58. The molecule has 1 heterocycles. The van der Waals surface area contributed by atoms with E-state index in [9.17, 15) is 22.4 Å². The molecule has 0 atom stereocenters. The van der Waals surface area contributed by atoms with Gasteiger partial charge >= 0.3 is 6.18 Å². The summed E-state index contributed by atoms with van der Waals surface area (Å²) in [6.07, 6.45) is -3.19. The first-order valence-corrected chi connectivity index (χ1v) is 8.15. The topological polar surface area (TPSA) is 54.6 Å². The molecule has 0 aliphatic rings. The molecular formula is C20H14F4N2O2. The minimum Gasteiger partial charge on any atom is -0.455 e. The number of hydrogen-bond donors (Lipinski definition) is 1. The number of nitrogens with zero attached hydrogens (tertiary/aromatic N) is 1. The highest BCUT2D eigenvalue weighted by Gasteiger charge is 2.30. The van der Waals surface area contributed by atoms with Crippen molar-refractivity contribution < 1.29 is 26.8 Å². The zero-order valence-electron chi connectivity index (χ0n) is 14.3. The van der Waals surface area contributed by atoms with E-state index in [1.165, 1.54) is 54.7 Å². The van der Waals surface area contributed by atoms with Gasteiger partial charge in [0.2, 0.25) is 5.91 Å². The molecule has 1 N–H and O–H groups in total. The monoisotopic (exact) mass is 390 g/mol. The molecule has 4 nitrogen and oxygen atoms in total. The Morgan fingerprint density at radius 2 is 1.82 bits per heavy atom. The summed E-state index contributed by atoms with van der Waals surface area (Å²) >= 11 is 0. The van der Waals surface area contributed by atoms with E-state index in [1.54, 1.807) is 0 Å². The molecule has 0 saturated carbocycles. The fraction of sp³-hybridized carbons (Fsp3) is 0.100. The highest BCUT2D eigenvalue weighted by atomic mass is 19.4. The van der Waals surface area contributed by atoms with Crippen molar-refractivity contribution in [3.05, 3.63) is 83.4 Å². The van der Waals surface area contributed by atoms with Gasteiger partial charge in [0.25, 0.3) is 0 Å². The lowest BCUT2D eigenvalue weighted by Crippen LogP contribution is -2.19. The third-order valence-electron chi connectivity index (χ3n) is 3.76. The van der Waals surface area contributed by atoms with Crippen LogP contribution in [0.15, 0.2) is 70.2 Å². The summed E-state index contributed by atoms with van der Waals surface area (Å²) in [5, 5.41) is 3.75. The van der Waals surface area contributed by atoms with Gasteiger partial charge in [-0.1, -0.05) is 24.3 Å². The Labute approximate surface area is 157 Å². The second kappa shape index (κ2) is 8.08. The van der Waals surface area contributed by atoms with Gasteiger partial charge in [0.1, 0.15) is 17.3 Å². The number of rotatable bonds is 5. The number of halogens is 4. The van der Waals surface area contributed by atoms with Crippen molar-refractivity contribution in [3.63, 3.8) is 0 Å².